The zero-order chi connectivity index (χ0) is 11.0. The molecule has 15 heavy (non-hydrogen) atoms. The molecule has 0 saturated carbocycles. The number of aromatic nitrogens is 3. The maximum Gasteiger partial charge on any atom is 0.284 e. The maximum absolute atomic E-state index is 5.29. The molecule has 1 N–H and O–H groups in total. The van der Waals surface area contributed by atoms with Crippen molar-refractivity contribution in [3.63, 3.8) is 0 Å². The number of H-pyrrole nitrogens is 1. The molecule has 0 aliphatic rings. The molecule has 0 spiro atoms. The molecule has 0 atom stereocenters. The number of aryl methyl sites for hydroxylation is 1. The van der Waals surface area contributed by atoms with Crippen LogP contribution < -0.4 is 0 Å². The van der Waals surface area contributed by atoms with Crippen LogP contribution in [0.4, 0.5) is 0 Å². The number of thiazole rings is 1. The van der Waals surface area contributed by atoms with Gasteiger partial charge >= 0.3 is 0 Å². The van der Waals surface area contributed by atoms with Crippen LogP contribution in [0.3, 0.4) is 0 Å². The summed E-state index contributed by atoms with van der Waals surface area (Å²) in [6, 6.07) is 0. The molecule has 0 aliphatic heterocycles. The summed E-state index contributed by atoms with van der Waals surface area (Å²) in [5.74, 6) is 0.889. The summed E-state index contributed by atoms with van der Waals surface area (Å²) < 4.78 is 5.29. The van der Waals surface area contributed by atoms with Gasteiger partial charge in [-0.3, -0.25) is 0 Å². The van der Waals surface area contributed by atoms with Crippen molar-refractivity contribution in [2.75, 3.05) is 0 Å². The molecule has 2 aromatic rings. The van der Waals surface area contributed by atoms with Crippen molar-refractivity contribution < 1.29 is 4.42 Å². The quantitative estimate of drug-likeness (QED) is 0.820. The smallest absolute Gasteiger partial charge is 0.284 e. The van der Waals surface area contributed by atoms with E-state index in [1.165, 1.54) is 0 Å². The largest absolute Gasteiger partial charge is 0.408 e. The number of rotatable bonds is 2. The Kier molecular flexibility index (Phi) is 2.70. The Morgan fingerprint density at radius 3 is 2.73 bits per heavy atom. The first-order valence-corrected chi connectivity index (χ1v) is 5.83. The molecule has 0 amide bonds. The Hall–Kier alpha value is -1.01. The average molecular weight is 241 g/mol. The van der Waals surface area contributed by atoms with Crippen molar-refractivity contribution in [2.24, 2.45) is 0 Å². The van der Waals surface area contributed by atoms with Gasteiger partial charge in [-0.05, 0) is 25.1 Å². The first-order chi connectivity index (χ1) is 7.08. The molecule has 80 valence electrons. The van der Waals surface area contributed by atoms with E-state index in [0.717, 1.165) is 15.6 Å². The Bertz CT molecular complexity index is 523. The van der Waals surface area contributed by atoms with Crippen LogP contribution in [0.15, 0.2) is 4.42 Å². The molecule has 0 saturated heterocycles. The summed E-state index contributed by atoms with van der Waals surface area (Å²) in [5.41, 5.74) is 1.02. The maximum atomic E-state index is 5.29. The fourth-order valence-corrected chi connectivity index (χ4v) is 2.44. The van der Waals surface area contributed by atoms with Gasteiger partial charge in [0.1, 0.15) is 4.88 Å². The predicted octanol–water partition coefficient (Wildman–Crippen LogP) is 3.29. The summed E-state index contributed by atoms with van der Waals surface area (Å²) in [4.78, 5) is 5.73. The SMILES string of the molecule is Cc1nc(C(C)C)c(-c2n[nH]c(=S)o2)s1. The van der Waals surface area contributed by atoms with E-state index in [1.54, 1.807) is 11.3 Å². The molecule has 2 rings (SSSR count). The molecule has 4 nitrogen and oxygen atoms in total. The summed E-state index contributed by atoms with van der Waals surface area (Å²) in [7, 11) is 0. The summed E-state index contributed by atoms with van der Waals surface area (Å²) >= 11 is 6.42. The van der Waals surface area contributed by atoms with E-state index in [-0.39, 0.29) is 0 Å². The highest BCUT2D eigenvalue weighted by Gasteiger charge is 2.17. The molecule has 0 bridgehead atoms. The van der Waals surface area contributed by atoms with E-state index in [1.807, 2.05) is 6.92 Å². The van der Waals surface area contributed by atoms with Crippen LogP contribution in [0.25, 0.3) is 10.8 Å². The third-order valence-corrected chi connectivity index (χ3v) is 3.09. The lowest BCUT2D eigenvalue weighted by molar-refractivity contribution is 0.552. The van der Waals surface area contributed by atoms with Crippen LogP contribution in [0.5, 0.6) is 0 Å². The number of nitrogens with one attached hydrogen (secondary N) is 1. The summed E-state index contributed by atoms with van der Waals surface area (Å²) in [6.07, 6.45) is 0. The van der Waals surface area contributed by atoms with Gasteiger partial charge in [-0.15, -0.1) is 16.4 Å². The van der Waals surface area contributed by atoms with Gasteiger partial charge in [-0.2, -0.15) is 0 Å². The number of hydrogen-bond donors (Lipinski definition) is 1. The van der Waals surface area contributed by atoms with Crippen LogP contribution in [0, 0.1) is 11.8 Å². The highest BCUT2D eigenvalue weighted by Crippen LogP contribution is 2.32. The van der Waals surface area contributed by atoms with Crippen molar-refractivity contribution in [2.45, 2.75) is 26.7 Å². The first kappa shape index (κ1) is 10.5. The predicted molar refractivity (Wildman–Crippen MR) is 61.6 cm³/mol. The molecule has 6 heteroatoms. The van der Waals surface area contributed by atoms with Crippen molar-refractivity contribution in [1.82, 2.24) is 15.2 Å². The second-order valence-corrected chi connectivity index (χ2v) is 5.09. The van der Waals surface area contributed by atoms with E-state index >= 15 is 0 Å². The molecule has 0 fully saturated rings. The highest BCUT2D eigenvalue weighted by molar-refractivity contribution is 7.71. The zero-order valence-corrected chi connectivity index (χ0v) is 10.3. The Morgan fingerprint density at radius 1 is 1.47 bits per heavy atom. The van der Waals surface area contributed by atoms with Gasteiger partial charge in [0.15, 0.2) is 0 Å². The number of hydrogen-bond acceptors (Lipinski definition) is 5. The van der Waals surface area contributed by atoms with Gasteiger partial charge in [0, 0.05) is 0 Å². The van der Waals surface area contributed by atoms with Gasteiger partial charge in [-0.1, -0.05) is 13.8 Å². The van der Waals surface area contributed by atoms with Crippen molar-refractivity contribution in [3.05, 3.63) is 15.5 Å². The Morgan fingerprint density at radius 2 is 2.20 bits per heavy atom. The molecular weight excluding hydrogens is 230 g/mol. The van der Waals surface area contributed by atoms with E-state index in [2.05, 4.69) is 29.0 Å². The third-order valence-electron chi connectivity index (χ3n) is 1.94. The molecule has 0 unspecified atom stereocenters. The zero-order valence-electron chi connectivity index (χ0n) is 8.70. The normalized spacial score (nSPS) is 11.2. The molecule has 2 heterocycles. The van der Waals surface area contributed by atoms with Crippen LogP contribution in [0.1, 0.15) is 30.5 Å². The topological polar surface area (TPSA) is 54.7 Å². The van der Waals surface area contributed by atoms with Gasteiger partial charge in [-0.25, -0.2) is 10.1 Å². The molecule has 2 aromatic heterocycles. The fraction of sp³-hybridized carbons (Fsp3) is 0.444. The van der Waals surface area contributed by atoms with Crippen LogP contribution in [-0.2, 0) is 0 Å². The monoisotopic (exact) mass is 241 g/mol. The van der Waals surface area contributed by atoms with Gasteiger partial charge in [0.25, 0.3) is 10.7 Å². The highest BCUT2D eigenvalue weighted by atomic mass is 32.1. The van der Waals surface area contributed by atoms with Crippen LogP contribution >= 0.6 is 23.6 Å². The van der Waals surface area contributed by atoms with Crippen LogP contribution in [0.2, 0.25) is 0 Å². The van der Waals surface area contributed by atoms with E-state index < -0.39 is 0 Å². The lowest BCUT2D eigenvalue weighted by atomic mass is 10.1. The van der Waals surface area contributed by atoms with E-state index in [4.69, 9.17) is 16.6 Å². The van der Waals surface area contributed by atoms with Gasteiger partial charge in [0.05, 0.1) is 10.7 Å². The average Bonchev–Trinajstić information content (AvgIpc) is 2.71. The minimum Gasteiger partial charge on any atom is -0.408 e. The number of nitrogens with zero attached hydrogens (tertiary/aromatic N) is 2. The summed E-state index contributed by atoms with van der Waals surface area (Å²) in [6.45, 7) is 6.17. The first-order valence-electron chi connectivity index (χ1n) is 4.61. The minimum atomic E-state index is 0.297. The standard InChI is InChI=1S/C9H11N3OS2/c1-4(2)6-7(15-5(3)10-6)8-11-12-9(14)13-8/h4H,1-3H3,(H,12,14). The lowest BCUT2D eigenvalue weighted by Gasteiger charge is -2.00. The van der Waals surface area contributed by atoms with Crippen molar-refractivity contribution in [3.8, 4) is 10.8 Å². The van der Waals surface area contributed by atoms with Crippen molar-refractivity contribution in [1.29, 1.82) is 0 Å². The number of aromatic amines is 1. The Balaban J connectivity index is 2.56. The van der Waals surface area contributed by atoms with E-state index in [0.29, 0.717) is 16.6 Å². The van der Waals surface area contributed by atoms with Gasteiger partial charge < -0.3 is 4.42 Å². The molecular formula is C9H11N3OS2. The van der Waals surface area contributed by atoms with Crippen LogP contribution in [-0.4, -0.2) is 15.2 Å². The third kappa shape index (κ3) is 2.00. The fourth-order valence-electron chi connectivity index (χ4n) is 1.31. The van der Waals surface area contributed by atoms with E-state index in [9.17, 15) is 0 Å². The second-order valence-electron chi connectivity index (χ2n) is 3.52. The van der Waals surface area contributed by atoms with Gasteiger partial charge in [0.2, 0.25) is 0 Å². The minimum absolute atomic E-state index is 0.297. The van der Waals surface area contributed by atoms with Crippen molar-refractivity contribution >= 4 is 23.6 Å². The molecule has 0 radical (unpaired) electrons. The Labute approximate surface area is 96.4 Å². The second kappa shape index (κ2) is 3.86. The molecule has 0 aliphatic carbocycles. The lowest BCUT2D eigenvalue weighted by Crippen LogP contribution is -1.90. The summed E-state index contributed by atoms with van der Waals surface area (Å²) in [5, 5.41) is 7.65. The molecule has 0 aromatic carbocycles.